The lowest BCUT2D eigenvalue weighted by molar-refractivity contribution is -0.139. The van der Waals surface area contributed by atoms with E-state index < -0.39 is 0 Å². The summed E-state index contributed by atoms with van der Waals surface area (Å²) < 4.78 is 22.3. The molecule has 1 aliphatic heterocycles. The molecule has 1 N–H and O–H groups in total. The van der Waals surface area contributed by atoms with Crippen molar-refractivity contribution in [3.63, 3.8) is 0 Å². The number of carbonyl (C=O) groups is 2. The Morgan fingerprint density at radius 2 is 2.00 bits per heavy atom. The summed E-state index contributed by atoms with van der Waals surface area (Å²) in [6.07, 6.45) is 1.22. The Morgan fingerprint density at radius 1 is 1.20 bits per heavy atom. The molecule has 1 aliphatic rings. The van der Waals surface area contributed by atoms with Gasteiger partial charge in [-0.25, -0.2) is 0 Å². The number of ketones is 1. The largest absolute Gasteiger partial charge is 0.507 e. The maximum atomic E-state index is 11.7. The van der Waals surface area contributed by atoms with Gasteiger partial charge in [0.05, 0.1) is 19.1 Å². The average Bonchev–Trinajstić information content (AvgIpc) is 2.73. The topological polar surface area (TPSA) is 91.3 Å². The van der Waals surface area contributed by atoms with Gasteiger partial charge in [-0.05, 0) is 43.2 Å². The third-order valence-corrected chi connectivity index (χ3v) is 4.85. The van der Waals surface area contributed by atoms with Crippen LogP contribution in [0.25, 0.3) is 0 Å². The van der Waals surface area contributed by atoms with E-state index in [4.69, 9.17) is 14.2 Å². The number of benzene rings is 2. The van der Waals surface area contributed by atoms with Crippen molar-refractivity contribution in [1.29, 1.82) is 0 Å². The van der Waals surface area contributed by atoms with Crippen LogP contribution in [0.2, 0.25) is 0 Å². The first-order chi connectivity index (χ1) is 14.4. The molecule has 0 aromatic heterocycles. The molecule has 3 rings (SSSR count). The van der Waals surface area contributed by atoms with Crippen LogP contribution in [0.3, 0.4) is 0 Å². The van der Waals surface area contributed by atoms with Crippen LogP contribution in [0.4, 0.5) is 0 Å². The fraction of sp³-hybridized carbons (Fsp3) is 0.391. The molecule has 1 atom stereocenters. The van der Waals surface area contributed by atoms with Gasteiger partial charge in [0.2, 0.25) is 0 Å². The van der Waals surface area contributed by atoms with Crippen LogP contribution in [0, 0.1) is 0 Å². The normalized spacial score (nSPS) is 14.8. The van der Waals surface area contributed by atoms with Gasteiger partial charge in [0.1, 0.15) is 24.7 Å². The highest BCUT2D eigenvalue weighted by atomic mass is 16.6. The molecule has 160 valence electrons. The molecule has 0 aliphatic carbocycles. The molecule has 0 radical (unpaired) electrons. The molecular formula is C23H26O7. The number of aromatic hydroxyl groups is 1. The molecule has 7 nitrogen and oxygen atoms in total. The number of ether oxygens (including phenoxy) is 4. The van der Waals surface area contributed by atoms with Gasteiger partial charge < -0.3 is 24.1 Å². The van der Waals surface area contributed by atoms with Crippen molar-refractivity contribution in [1.82, 2.24) is 0 Å². The van der Waals surface area contributed by atoms with Crippen LogP contribution in [0.15, 0.2) is 30.3 Å². The van der Waals surface area contributed by atoms with E-state index in [9.17, 15) is 14.7 Å². The maximum absolute atomic E-state index is 11.7. The Bertz CT molecular complexity index is 935. The number of carbonyl (C=O) groups excluding carboxylic acids is 2. The fourth-order valence-electron chi connectivity index (χ4n) is 3.30. The van der Waals surface area contributed by atoms with Gasteiger partial charge in [-0.1, -0.05) is 19.4 Å². The number of Topliss-reactive ketones (excluding diaryl/α,β-unsaturated/α-hetero) is 1. The number of hydrogen-bond acceptors (Lipinski definition) is 7. The number of esters is 1. The molecule has 2 aromatic rings. The average molecular weight is 414 g/mol. The summed E-state index contributed by atoms with van der Waals surface area (Å²) >= 11 is 0. The third kappa shape index (κ3) is 4.84. The summed E-state index contributed by atoms with van der Waals surface area (Å²) in [7, 11) is 1.35. The lowest BCUT2D eigenvalue weighted by atomic mass is 10.0. The zero-order chi connectivity index (χ0) is 21.7. The Hall–Kier alpha value is -3.22. The molecule has 2 aromatic carbocycles. The van der Waals surface area contributed by atoms with Gasteiger partial charge >= 0.3 is 5.97 Å². The van der Waals surface area contributed by atoms with Crippen molar-refractivity contribution in [2.75, 3.05) is 20.3 Å². The van der Waals surface area contributed by atoms with Crippen molar-refractivity contribution >= 4 is 11.8 Å². The van der Waals surface area contributed by atoms with Gasteiger partial charge in [-0.3, -0.25) is 9.59 Å². The second-order valence-electron chi connectivity index (χ2n) is 7.14. The molecule has 0 saturated carbocycles. The Labute approximate surface area is 175 Å². The second-order valence-corrected chi connectivity index (χ2v) is 7.14. The monoisotopic (exact) mass is 414 g/mol. The van der Waals surface area contributed by atoms with Crippen LogP contribution in [0.1, 0.15) is 41.8 Å². The molecule has 0 saturated heterocycles. The summed E-state index contributed by atoms with van der Waals surface area (Å²) in [5.41, 5.74) is 1.69. The smallest absolute Gasteiger partial charge is 0.309 e. The lowest BCUT2D eigenvalue weighted by Crippen LogP contribution is -2.34. The van der Waals surface area contributed by atoms with Gasteiger partial charge in [0.15, 0.2) is 23.4 Å². The predicted molar refractivity (Wildman–Crippen MR) is 110 cm³/mol. The molecule has 7 heteroatoms. The highest BCUT2D eigenvalue weighted by molar-refractivity contribution is 5.97. The zero-order valence-corrected chi connectivity index (χ0v) is 17.4. The number of methoxy groups -OCH3 is 1. The van der Waals surface area contributed by atoms with Crippen LogP contribution < -0.4 is 14.2 Å². The molecule has 0 spiro atoms. The van der Waals surface area contributed by atoms with Crippen molar-refractivity contribution in [3.05, 3.63) is 47.0 Å². The van der Waals surface area contributed by atoms with Crippen LogP contribution in [0.5, 0.6) is 23.0 Å². The Balaban J connectivity index is 1.67. The van der Waals surface area contributed by atoms with E-state index in [2.05, 4.69) is 4.74 Å². The number of hydrogen-bond donors (Lipinski definition) is 1. The summed E-state index contributed by atoms with van der Waals surface area (Å²) in [6, 6.07) is 8.60. The van der Waals surface area contributed by atoms with Gasteiger partial charge in [-0.2, -0.15) is 0 Å². The van der Waals surface area contributed by atoms with Crippen LogP contribution in [-0.4, -0.2) is 43.3 Å². The summed E-state index contributed by atoms with van der Waals surface area (Å²) in [6.45, 7) is 3.92. The Kier molecular flexibility index (Phi) is 6.82. The van der Waals surface area contributed by atoms with Gasteiger partial charge in [0, 0.05) is 5.56 Å². The van der Waals surface area contributed by atoms with E-state index in [0.29, 0.717) is 34.8 Å². The van der Waals surface area contributed by atoms with E-state index >= 15 is 0 Å². The number of rotatable bonds is 8. The van der Waals surface area contributed by atoms with Crippen molar-refractivity contribution in [2.45, 2.75) is 39.2 Å². The minimum atomic E-state index is -0.340. The van der Waals surface area contributed by atoms with Crippen LogP contribution in [-0.2, 0) is 22.4 Å². The minimum Gasteiger partial charge on any atom is -0.507 e. The first-order valence-corrected chi connectivity index (χ1v) is 9.90. The fourth-order valence-corrected chi connectivity index (χ4v) is 3.30. The minimum absolute atomic E-state index is 0.0221. The van der Waals surface area contributed by atoms with E-state index in [-0.39, 0.29) is 43.2 Å². The third-order valence-electron chi connectivity index (χ3n) is 4.85. The highest BCUT2D eigenvalue weighted by Gasteiger charge is 2.23. The van der Waals surface area contributed by atoms with Crippen molar-refractivity contribution in [3.8, 4) is 23.0 Å². The molecule has 0 fully saturated rings. The second kappa shape index (κ2) is 9.52. The SMILES string of the molecule is CCCc1c(OCC2COc3cc(CC(=O)OC)ccc3O2)ccc(C(C)=O)c1O. The molecule has 1 heterocycles. The number of phenols is 1. The van der Waals surface area contributed by atoms with Crippen molar-refractivity contribution in [2.24, 2.45) is 0 Å². The summed E-state index contributed by atoms with van der Waals surface area (Å²) in [5.74, 6) is 1.14. The summed E-state index contributed by atoms with van der Waals surface area (Å²) in [5, 5.41) is 10.5. The standard InChI is InChI=1S/C23H26O7/c1-4-5-18-19(9-7-17(14(2)24)23(18)26)28-12-16-13-29-21-10-15(11-22(25)27-3)6-8-20(21)30-16/h6-10,16,26H,4-5,11-13H2,1-3H3. The number of phenolic OH excluding ortho intramolecular Hbond substituents is 1. The van der Waals surface area contributed by atoms with Crippen molar-refractivity contribution < 1.29 is 33.6 Å². The van der Waals surface area contributed by atoms with E-state index in [0.717, 1.165) is 12.0 Å². The molecule has 30 heavy (non-hydrogen) atoms. The number of fused-ring (bicyclic) bond motifs is 1. The maximum Gasteiger partial charge on any atom is 0.309 e. The van der Waals surface area contributed by atoms with E-state index in [1.165, 1.54) is 14.0 Å². The Morgan fingerprint density at radius 3 is 2.70 bits per heavy atom. The lowest BCUT2D eigenvalue weighted by Gasteiger charge is -2.27. The van der Waals surface area contributed by atoms with Crippen LogP contribution >= 0.6 is 0 Å². The zero-order valence-electron chi connectivity index (χ0n) is 17.4. The van der Waals surface area contributed by atoms with Gasteiger partial charge in [0.25, 0.3) is 0 Å². The first kappa shape index (κ1) is 21.5. The predicted octanol–water partition coefficient (Wildman–Crippen LogP) is 3.48. The molecule has 0 bridgehead atoms. The van der Waals surface area contributed by atoms with E-state index in [1.54, 1.807) is 30.3 Å². The first-order valence-electron chi connectivity index (χ1n) is 9.90. The van der Waals surface area contributed by atoms with E-state index in [1.807, 2.05) is 6.92 Å². The quantitative estimate of drug-likeness (QED) is 0.522. The highest BCUT2D eigenvalue weighted by Crippen LogP contribution is 2.35. The molecular weight excluding hydrogens is 388 g/mol. The molecule has 1 unspecified atom stereocenters. The van der Waals surface area contributed by atoms with Gasteiger partial charge in [-0.15, -0.1) is 0 Å². The summed E-state index contributed by atoms with van der Waals surface area (Å²) in [4.78, 5) is 23.1. The molecule has 0 amide bonds.